The van der Waals surface area contributed by atoms with Crippen LogP contribution in [0, 0.1) is 11.3 Å². The number of nitrogens with one attached hydrogen (secondary N) is 1. The summed E-state index contributed by atoms with van der Waals surface area (Å²) in [6.45, 7) is 7.00. The van der Waals surface area contributed by atoms with Gasteiger partial charge in [-0.15, -0.1) is 5.10 Å². The van der Waals surface area contributed by atoms with E-state index in [2.05, 4.69) is 41.6 Å². The average Bonchev–Trinajstić information content (AvgIpc) is 2.91. The Labute approximate surface area is 136 Å². The lowest BCUT2D eigenvalue weighted by Gasteiger charge is -2.39. The van der Waals surface area contributed by atoms with E-state index in [4.69, 9.17) is 0 Å². The fraction of sp³-hybridized carbons (Fsp3) is 0.867. The summed E-state index contributed by atoms with van der Waals surface area (Å²) in [5.41, 5.74) is 0.420. The molecule has 0 unspecified atom stereocenters. The van der Waals surface area contributed by atoms with E-state index in [1.807, 2.05) is 0 Å². The van der Waals surface area contributed by atoms with Gasteiger partial charge in [0.25, 0.3) is 0 Å². The molecule has 1 heterocycles. The Morgan fingerprint density at radius 3 is 2.59 bits per heavy atom. The molecule has 0 bridgehead atoms. The largest absolute Gasteiger partial charge is 0.353 e. The first kappa shape index (κ1) is 17.2. The molecule has 1 fully saturated rings. The minimum atomic E-state index is 0.0752. The number of hydrogen-bond acceptors (Lipinski definition) is 5. The summed E-state index contributed by atoms with van der Waals surface area (Å²) >= 11 is 1.37. The number of tetrazole rings is 1. The van der Waals surface area contributed by atoms with Crippen molar-refractivity contribution in [3.63, 3.8) is 0 Å². The van der Waals surface area contributed by atoms with Crippen LogP contribution in [0.3, 0.4) is 0 Å². The van der Waals surface area contributed by atoms with E-state index >= 15 is 0 Å². The molecule has 0 aliphatic heterocycles. The van der Waals surface area contributed by atoms with Crippen molar-refractivity contribution >= 4 is 17.7 Å². The van der Waals surface area contributed by atoms with Gasteiger partial charge in [-0.3, -0.25) is 4.79 Å². The summed E-state index contributed by atoms with van der Waals surface area (Å²) < 4.78 is 1.58. The van der Waals surface area contributed by atoms with Crippen molar-refractivity contribution in [1.29, 1.82) is 0 Å². The van der Waals surface area contributed by atoms with Gasteiger partial charge in [-0.25, -0.2) is 4.68 Å². The van der Waals surface area contributed by atoms with E-state index in [9.17, 15) is 4.79 Å². The number of aromatic nitrogens is 4. The number of thioether (sulfide) groups is 1. The van der Waals surface area contributed by atoms with Crippen LogP contribution in [-0.4, -0.2) is 37.9 Å². The molecular formula is C15H27N5OS. The van der Waals surface area contributed by atoms with Gasteiger partial charge < -0.3 is 5.32 Å². The second-order valence-corrected chi connectivity index (χ2v) is 7.77. The monoisotopic (exact) mass is 325 g/mol. The van der Waals surface area contributed by atoms with Gasteiger partial charge in [0.1, 0.15) is 0 Å². The molecule has 0 atom stereocenters. The number of rotatable bonds is 6. The predicted octanol–water partition coefficient (Wildman–Crippen LogP) is 2.41. The van der Waals surface area contributed by atoms with Gasteiger partial charge in [0, 0.05) is 13.1 Å². The van der Waals surface area contributed by atoms with Crippen molar-refractivity contribution in [2.75, 3.05) is 5.75 Å². The molecule has 22 heavy (non-hydrogen) atoms. The lowest BCUT2D eigenvalue weighted by molar-refractivity contribution is -0.119. The average molecular weight is 325 g/mol. The van der Waals surface area contributed by atoms with Gasteiger partial charge in [0.05, 0.1) is 5.75 Å². The van der Waals surface area contributed by atoms with Gasteiger partial charge >= 0.3 is 0 Å². The summed E-state index contributed by atoms with van der Waals surface area (Å²) in [5.74, 6) is 1.23. The molecule has 0 aromatic carbocycles. The maximum Gasteiger partial charge on any atom is 0.230 e. The molecule has 1 saturated carbocycles. The van der Waals surface area contributed by atoms with E-state index < -0.39 is 0 Å². The van der Waals surface area contributed by atoms with Crippen LogP contribution in [0.1, 0.15) is 52.9 Å². The zero-order valence-electron chi connectivity index (χ0n) is 14.0. The summed E-state index contributed by atoms with van der Waals surface area (Å²) in [5, 5.41) is 15.0. The molecule has 1 aromatic rings. The van der Waals surface area contributed by atoms with Crippen LogP contribution in [0.5, 0.6) is 0 Å². The molecule has 124 valence electrons. The normalized spacial score (nSPS) is 22.5. The first-order valence-electron chi connectivity index (χ1n) is 8.07. The summed E-state index contributed by atoms with van der Waals surface area (Å²) in [6.07, 6.45) is 5.83. The van der Waals surface area contributed by atoms with Gasteiger partial charge in [-0.05, 0) is 47.4 Å². The standard InChI is InChI=1S/C15H27N5OS/c1-5-15(2,3)11-6-8-12(9-7-11)16-13(21)10-22-14-17-18-19-20(14)4/h11-12H,5-10H2,1-4H3,(H,16,21). The number of amides is 1. The van der Waals surface area contributed by atoms with Crippen LogP contribution in [0.2, 0.25) is 0 Å². The summed E-state index contributed by atoms with van der Waals surface area (Å²) in [6, 6.07) is 0.328. The highest BCUT2D eigenvalue weighted by Crippen LogP contribution is 2.40. The highest BCUT2D eigenvalue weighted by molar-refractivity contribution is 7.99. The van der Waals surface area contributed by atoms with Crippen molar-refractivity contribution in [3.8, 4) is 0 Å². The van der Waals surface area contributed by atoms with Crippen molar-refractivity contribution in [3.05, 3.63) is 0 Å². The van der Waals surface area contributed by atoms with Gasteiger partial charge in [0.2, 0.25) is 11.1 Å². The maximum absolute atomic E-state index is 12.0. The SMILES string of the molecule is CCC(C)(C)C1CCC(NC(=O)CSc2nnnn2C)CC1. The Hall–Kier alpha value is -1.11. The third-order valence-electron chi connectivity index (χ3n) is 5.02. The second kappa shape index (κ2) is 7.44. The van der Waals surface area contributed by atoms with Crippen molar-refractivity contribution < 1.29 is 4.79 Å². The number of aryl methyl sites for hydroxylation is 1. The van der Waals surface area contributed by atoms with Crippen molar-refractivity contribution in [2.45, 2.75) is 64.1 Å². The molecule has 6 nitrogen and oxygen atoms in total. The lowest BCUT2D eigenvalue weighted by Crippen LogP contribution is -2.40. The molecule has 1 aliphatic rings. The molecule has 2 rings (SSSR count). The van der Waals surface area contributed by atoms with E-state index in [1.165, 1.54) is 31.0 Å². The first-order chi connectivity index (χ1) is 10.4. The molecule has 7 heteroatoms. The zero-order chi connectivity index (χ0) is 16.2. The van der Waals surface area contributed by atoms with Crippen LogP contribution in [0.4, 0.5) is 0 Å². The molecular weight excluding hydrogens is 298 g/mol. The van der Waals surface area contributed by atoms with Crippen LogP contribution >= 0.6 is 11.8 Å². The molecule has 1 amide bonds. The van der Waals surface area contributed by atoms with Crippen LogP contribution in [-0.2, 0) is 11.8 Å². The fourth-order valence-electron chi connectivity index (χ4n) is 3.05. The molecule has 1 aliphatic carbocycles. The van der Waals surface area contributed by atoms with Crippen molar-refractivity contribution in [2.24, 2.45) is 18.4 Å². The third-order valence-corrected chi connectivity index (χ3v) is 6.03. The van der Waals surface area contributed by atoms with Crippen molar-refractivity contribution in [1.82, 2.24) is 25.5 Å². The maximum atomic E-state index is 12.0. The quantitative estimate of drug-likeness (QED) is 0.813. The van der Waals surface area contributed by atoms with Gasteiger partial charge in [-0.2, -0.15) is 0 Å². The highest BCUT2D eigenvalue weighted by Gasteiger charge is 2.32. The second-order valence-electron chi connectivity index (χ2n) is 6.83. The Morgan fingerprint density at radius 2 is 2.05 bits per heavy atom. The first-order valence-corrected chi connectivity index (χ1v) is 9.05. The lowest BCUT2D eigenvalue weighted by atomic mass is 9.69. The minimum absolute atomic E-state index is 0.0752. The Balaban J connectivity index is 1.72. The Morgan fingerprint density at radius 1 is 1.36 bits per heavy atom. The summed E-state index contributed by atoms with van der Waals surface area (Å²) in [4.78, 5) is 12.0. The van der Waals surface area contributed by atoms with E-state index in [1.54, 1.807) is 11.7 Å². The van der Waals surface area contributed by atoms with E-state index in [0.29, 0.717) is 22.4 Å². The fourth-order valence-corrected chi connectivity index (χ4v) is 3.71. The number of carbonyl (C=O) groups excluding carboxylic acids is 1. The Kier molecular flexibility index (Phi) is 5.83. The molecule has 0 spiro atoms. The Bertz CT molecular complexity index is 494. The zero-order valence-corrected chi connectivity index (χ0v) is 14.8. The number of nitrogens with zero attached hydrogens (tertiary/aromatic N) is 4. The predicted molar refractivity (Wildman–Crippen MR) is 87.5 cm³/mol. The number of carbonyl (C=O) groups is 1. The minimum Gasteiger partial charge on any atom is -0.353 e. The van der Waals surface area contributed by atoms with E-state index in [0.717, 1.165) is 18.8 Å². The van der Waals surface area contributed by atoms with Gasteiger partial charge in [-0.1, -0.05) is 39.0 Å². The summed E-state index contributed by atoms with van der Waals surface area (Å²) in [7, 11) is 1.77. The number of hydrogen-bond donors (Lipinski definition) is 1. The highest BCUT2D eigenvalue weighted by atomic mass is 32.2. The van der Waals surface area contributed by atoms with E-state index in [-0.39, 0.29) is 5.91 Å². The smallest absolute Gasteiger partial charge is 0.230 e. The topological polar surface area (TPSA) is 72.7 Å². The van der Waals surface area contributed by atoms with Gasteiger partial charge in [0.15, 0.2) is 0 Å². The van der Waals surface area contributed by atoms with Crippen LogP contribution < -0.4 is 5.32 Å². The molecule has 1 aromatic heterocycles. The third kappa shape index (κ3) is 4.44. The molecule has 0 saturated heterocycles. The molecule has 1 N–H and O–H groups in total. The van der Waals surface area contributed by atoms with Crippen LogP contribution in [0.15, 0.2) is 5.16 Å². The molecule has 0 radical (unpaired) electrons. The van der Waals surface area contributed by atoms with Crippen LogP contribution in [0.25, 0.3) is 0 Å².